The lowest BCUT2D eigenvalue weighted by molar-refractivity contribution is -0.117. The minimum Gasteiger partial charge on any atom is -0.496 e. The number of nitrogens with one attached hydrogen (secondary N) is 3. The molecule has 3 rings (SSSR count). The fraction of sp³-hybridized carbons (Fsp3) is 0.167. The molecule has 1 aromatic carbocycles. The molecule has 1 aromatic heterocycles. The van der Waals surface area contributed by atoms with Crippen LogP contribution in [0, 0.1) is 17.0 Å². The predicted octanol–water partition coefficient (Wildman–Crippen LogP) is 1.75. The summed E-state index contributed by atoms with van der Waals surface area (Å²) in [7, 11) is 3.15. The maximum absolute atomic E-state index is 13.7. The molecule has 0 spiro atoms. The number of nitrogen functional groups attached to an aromatic ring is 1. The third-order valence-corrected chi connectivity index (χ3v) is 4.24. The molecule has 28 heavy (non-hydrogen) atoms. The van der Waals surface area contributed by atoms with Crippen molar-refractivity contribution in [2.75, 3.05) is 25.2 Å². The Labute approximate surface area is 159 Å². The normalized spacial score (nSPS) is 15.9. The first-order valence-corrected chi connectivity index (χ1v) is 8.15. The fourth-order valence-corrected chi connectivity index (χ4v) is 2.83. The number of rotatable bonds is 5. The Balaban J connectivity index is 1.92. The quantitative estimate of drug-likeness (QED) is 0.458. The van der Waals surface area contributed by atoms with Crippen LogP contribution in [-0.2, 0) is 4.79 Å². The number of methoxy groups -OCH3 is 1. The van der Waals surface area contributed by atoms with Crippen LogP contribution in [0.5, 0.6) is 5.75 Å². The zero-order valence-electron chi connectivity index (χ0n) is 15.1. The molecular weight excluding hydrogens is 370 g/mol. The van der Waals surface area contributed by atoms with Crippen molar-refractivity contribution in [3.63, 3.8) is 0 Å². The zero-order valence-corrected chi connectivity index (χ0v) is 15.1. The molecule has 146 valence electrons. The Hall–Kier alpha value is -3.53. The van der Waals surface area contributed by atoms with Gasteiger partial charge in [0, 0.05) is 36.1 Å². The molecule has 1 amide bonds. The monoisotopic (exact) mass is 388 g/mol. The van der Waals surface area contributed by atoms with E-state index in [1.165, 1.54) is 7.11 Å². The van der Waals surface area contributed by atoms with Crippen molar-refractivity contribution >= 4 is 29.2 Å². The maximum Gasteiger partial charge on any atom is 0.247 e. The van der Waals surface area contributed by atoms with Crippen molar-refractivity contribution in [1.29, 1.82) is 5.41 Å². The number of ether oxygens (including phenoxy) is 1. The third-order valence-electron chi connectivity index (χ3n) is 4.24. The van der Waals surface area contributed by atoms with Crippen molar-refractivity contribution < 1.29 is 18.3 Å². The lowest BCUT2D eigenvalue weighted by Crippen LogP contribution is -2.41. The summed E-state index contributed by atoms with van der Waals surface area (Å²) in [4.78, 5) is 15.9. The highest BCUT2D eigenvalue weighted by Crippen LogP contribution is 2.33. The number of amides is 1. The Morgan fingerprint density at radius 1 is 1.39 bits per heavy atom. The summed E-state index contributed by atoms with van der Waals surface area (Å²) in [6, 6.07) is 2.35. The Kier molecular flexibility index (Phi) is 5.23. The van der Waals surface area contributed by atoms with Crippen molar-refractivity contribution in [1.82, 2.24) is 15.4 Å². The molecule has 1 atom stereocenters. The van der Waals surface area contributed by atoms with Crippen LogP contribution in [0.25, 0.3) is 5.70 Å². The van der Waals surface area contributed by atoms with Crippen LogP contribution in [-0.4, -0.2) is 42.3 Å². The van der Waals surface area contributed by atoms with E-state index in [4.69, 9.17) is 15.9 Å². The van der Waals surface area contributed by atoms with Crippen molar-refractivity contribution in [2.24, 2.45) is 0 Å². The Bertz CT molecular complexity index is 959. The molecule has 0 radical (unpaired) electrons. The van der Waals surface area contributed by atoms with Crippen LogP contribution in [0.1, 0.15) is 11.1 Å². The third kappa shape index (κ3) is 3.49. The van der Waals surface area contributed by atoms with Gasteiger partial charge in [-0.15, -0.1) is 0 Å². The van der Waals surface area contributed by atoms with Crippen LogP contribution in [0.15, 0.2) is 30.6 Å². The summed E-state index contributed by atoms with van der Waals surface area (Å²) in [5.74, 6) is -2.15. The molecule has 0 bridgehead atoms. The standard InChI is InChI=1S/C18H18F2N6O2/c1-26-15(10-3-9(6-21)13(22)4-16(10)28-2)5-14(25-26)18(27)24-17-11(19)7-23-8-12(17)20/h3-8,14,21,25H,22H2,1-2H3,(H,23,24,27). The fourth-order valence-electron chi connectivity index (χ4n) is 2.83. The van der Waals surface area contributed by atoms with E-state index in [2.05, 4.69) is 15.7 Å². The van der Waals surface area contributed by atoms with Gasteiger partial charge in [0.05, 0.1) is 25.2 Å². The van der Waals surface area contributed by atoms with Crippen LogP contribution in [0.4, 0.5) is 20.2 Å². The summed E-state index contributed by atoms with van der Waals surface area (Å²) in [6.45, 7) is 0. The van der Waals surface area contributed by atoms with Gasteiger partial charge in [-0.05, 0) is 12.1 Å². The number of pyridine rings is 1. The highest BCUT2D eigenvalue weighted by molar-refractivity contribution is 5.98. The summed E-state index contributed by atoms with van der Waals surface area (Å²) < 4.78 is 32.8. The minimum absolute atomic E-state index is 0.378. The average molecular weight is 388 g/mol. The Morgan fingerprint density at radius 2 is 2.07 bits per heavy atom. The second kappa shape index (κ2) is 7.61. The van der Waals surface area contributed by atoms with Gasteiger partial charge in [-0.1, -0.05) is 0 Å². The van der Waals surface area contributed by atoms with Crippen LogP contribution in [0.3, 0.4) is 0 Å². The molecule has 8 nitrogen and oxygen atoms in total. The second-order valence-electron chi connectivity index (χ2n) is 6.01. The number of halogens is 2. The van der Waals surface area contributed by atoms with E-state index < -0.39 is 29.3 Å². The van der Waals surface area contributed by atoms with Gasteiger partial charge in [0.1, 0.15) is 17.5 Å². The zero-order chi connectivity index (χ0) is 20.4. The number of carbonyl (C=O) groups is 1. The van der Waals surface area contributed by atoms with Crippen LogP contribution < -0.4 is 21.2 Å². The number of hydrogen-bond donors (Lipinski definition) is 4. The molecule has 10 heteroatoms. The average Bonchev–Trinajstić information content (AvgIpc) is 3.06. The van der Waals surface area contributed by atoms with Gasteiger partial charge in [-0.25, -0.2) is 14.2 Å². The molecular formula is C18H18F2N6O2. The predicted molar refractivity (Wildman–Crippen MR) is 101 cm³/mol. The van der Waals surface area contributed by atoms with Crippen LogP contribution >= 0.6 is 0 Å². The molecule has 1 unspecified atom stereocenters. The topological polar surface area (TPSA) is 116 Å². The van der Waals surface area contributed by atoms with Crippen LogP contribution in [0.2, 0.25) is 0 Å². The van der Waals surface area contributed by atoms with Gasteiger partial charge in [0.25, 0.3) is 0 Å². The molecule has 0 saturated carbocycles. The van der Waals surface area contributed by atoms with E-state index in [-0.39, 0.29) is 0 Å². The van der Waals surface area contributed by atoms with Crippen molar-refractivity contribution in [2.45, 2.75) is 6.04 Å². The van der Waals surface area contributed by atoms with Gasteiger partial charge in [0.15, 0.2) is 11.6 Å². The van der Waals surface area contributed by atoms with E-state index in [1.807, 2.05) is 0 Å². The maximum atomic E-state index is 13.7. The van der Waals surface area contributed by atoms with E-state index in [9.17, 15) is 13.6 Å². The molecule has 1 aliphatic heterocycles. The van der Waals surface area contributed by atoms with Gasteiger partial charge < -0.3 is 26.2 Å². The molecule has 2 aromatic rings. The smallest absolute Gasteiger partial charge is 0.247 e. The molecule has 0 fully saturated rings. The second-order valence-corrected chi connectivity index (χ2v) is 6.01. The first-order valence-electron chi connectivity index (χ1n) is 8.15. The summed E-state index contributed by atoms with van der Waals surface area (Å²) in [6.07, 6.45) is 4.31. The van der Waals surface area contributed by atoms with Gasteiger partial charge in [-0.3, -0.25) is 9.78 Å². The number of hydrogen-bond acceptors (Lipinski definition) is 7. The minimum atomic E-state index is -0.972. The summed E-state index contributed by atoms with van der Waals surface area (Å²) in [5, 5.41) is 11.3. The first kappa shape index (κ1) is 19.2. The molecule has 5 N–H and O–H groups in total. The number of benzene rings is 1. The van der Waals surface area contributed by atoms with E-state index in [0.29, 0.717) is 28.3 Å². The number of hydrazine groups is 1. The summed E-state index contributed by atoms with van der Waals surface area (Å²) >= 11 is 0. The van der Waals surface area contributed by atoms with Gasteiger partial charge in [-0.2, -0.15) is 0 Å². The number of aromatic nitrogens is 1. The van der Waals surface area contributed by atoms with Crippen molar-refractivity contribution in [3.05, 3.63) is 53.4 Å². The first-order chi connectivity index (χ1) is 13.3. The molecule has 0 saturated heterocycles. The largest absolute Gasteiger partial charge is 0.496 e. The number of nitrogens with two attached hydrogens (primary N) is 1. The van der Waals surface area contributed by atoms with Gasteiger partial charge in [0.2, 0.25) is 5.91 Å². The molecule has 1 aliphatic rings. The van der Waals surface area contributed by atoms with E-state index in [0.717, 1.165) is 18.6 Å². The SMILES string of the molecule is COc1cc(N)c(C=N)cc1C1=CC(C(=O)Nc2c(F)cncc2F)NN1C. The van der Waals surface area contributed by atoms with Crippen molar-refractivity contribution in [3.8, 4) is 5.75 Å². The number of nitrogens with zero attached hydrogens (tertiary/aromatic N) is 2. The highest BCUT2D eigenvalue weighted by Gasteiger charge is 2.29. The molecule has 2 heterocycles. The summed E-state index contributed by atoms with van der Waals surface area (Å²) in [5.41, 5.74) is 10.2. The Morgan fingerprint density at radius 3 is 2.68 bits per heavy atom. The number of carbonyl (C=O) groups excluding carboxylic acids is 1. The molecule has 0 aliphatic carbocycles. The lowest BCUT2D eigenvalue weighted by atomic mass is 10.0. The van der Waals surface area contributed by atoms with Gasteiger partial charge >= 0.3 is 0 Å². The van der Waals surface area contributed by atoms with E-state index >= 15 is 0 Å². The number of anilines is 2. The highest BCUT2D eigenvalue weighted by atomic mass is 19.1. The lowest BCUT2D eigenvalue weighted by Gasteiger charge is -2.20. The van der Waals surface area contributed by atoms with E-state index in [1.54, 1.807) is 30.3 Å².